The number of carbonyl (C=O) groups is 1. The van der Waals surface area contributed by atoms with Crippen LogP contribution in [0.15, 0.2) is 0 Å². The van der Waals surface area contributed by atoms with Crippen molar-refractivity contribution < 1.29 is 14.3 Å². The summed E-state index contributed by atoms with van der Waals surface area (Å²) in [6, 6.07) is 0. The molecule has 0 aliphatic heterocycles. The predicted molar refractivity (Wildman–Crippen MR) is 110 cm³/mol. The molecule has 0 rings (SSSR count). The van der Waals surface area contributed by atoms with E-state index in [1.807, 2.05) is 20.8 Å². The Morgan fingerprint density at radius 2 is 1.46 bits per heavy atom. The van der Waals surface area contributed by atoms with Crippen molar-refractivity contribution in [2.45, 2.75) is 87.9 Å². The largest absolute Gasteiger partial charge is 0.382 e. The monoisotopic (exact) mass is 371 g/mol. The number of methoxy groups -OCH3 is 1. The summed E-state index contributed by atoms with van der Waals surface area (Å²) in [5, 5.41) is 3.21. The average Bonchev–Trinajstić information content (AvgIpc) is 2.45. The molecule has 4 heteroatoms. The first-order chi connectivity index (χ1) is 11.7. The Balaban J connectivity index is 4.84. The fourth-order valence-corrected chi connectivity index (χ4v) is 3.86. The fourth-order valence-electron chi connectivity index (χ4n) is 3.86. The normalized spacial score (nSPS) is 15.6. The van der Waals surface area contributed by atoms with Gasteiger partial charge in [-0.05, 0) is 43.4 Å². The maximum Gasteiger partial charge on any atom is 0.225 e. The molecule has 0 bridgehead atoms. The summed E-state index contributed by atoms with van der Waals surface area (Å²) in [7, 11) is 1.69. The molecule has 0 saturated carbocycles. The molecular weight excluding hydrogens is 326 g/mol. The zero-order valence-corrected chi connectivity index (χ0v) is 19.2. The van der Waals surface area contributed by atoms with Gasteiger partial charge in [-0.1, -0.05) is 55.4 Å². The Bertz CT molecular complexity index is 408. The van der Waals surface area contributed by atoms with E-state index >= 15 is 0 Å². The third-order valence-electron chi connectivity index (χ3n) is 5.66. The molecule has 0 spiro atoms. The first kappa shape index (κ1) is 25.4. The smallest absolute Gasteiger partial charge is 0.225 e. The average molecular weight is 372 g/mol. The minimum atomic E-state index is -0.440. The second-order valence-electron chi connectivity index (χ2n) is 9.96. The number of amides is 1. The summed E-state index contributed by atoms with van der Waals surface area (Å²) < 4.78 is 11.2. The second-order valence-corrected chi connectivity index (χ2v) is 9.96. The summed E-state index contributed by atoms with van der Waals surface area (Å²) in [6.07, 6.45) is 0.851. The van der Waals surface area contributed by atoms with E-state index in [2.05, 4.69) is 53.8 Å². The molecule has 0 fully saturated rings. The van der Waals surface area contributed by atoms with Crippen molar-refractivity contribution in [3.05, 3.63) is 0 Å². The number of nitrogens with one attached hydrogen (secondary N) is 1. The second kappa shape index (κ2) is 10.7. The van der Waals surface area contributed by atoms with Gasteiger partial charge in [-0.2, -0.15) is 0 Å². The topological polar surface area (TPSA) is 47.6 Å². The fraction of sp³-hybridized carbons (Fsp3) is 0.955. The van der Waals surface area contributed by atoms with Crippen LogP contribution in [0, 0.1) is 28.6 Å². The highest BCUT2D eigenvalue weighted by molar-refractivity contribution is 5.81. The lowest BCUT2D eigenvalue weighted by atomic mass is 9.71. The van der Waals surface area contributed by atoms with Crippen LogP contribution in [0.25, 0.3) is 0 Å². The van der Waals surface area contributed by atoms with Crippen LogP contribution >= 0.6 is 0 Å². The van der Waals surface area contributed by atoms with Crippen LogP contribution in [-0.2, 0) is 14.3 Å². The van der Waals surface area contributed by atoms with Crippen LogP contribution in [0.2, 0.25) is 0 Å². The Morgan fingerprint density at radius 3 is 1.88 bits per heavy atom. The predicted octanol–water partition coefficient (Wildman–Crippen LogP) is 4.91. The van der Waals surface area contributed by atoms with Crippen molar-refractivity contribution in [1.82, 2.24) is 5.32 Å². The van der Waals surface area contributed by atoms with E-state index in [0.29, 0.717) is 24.4 Å². The van der Waals surface area contributed by atoms with Gasteiger partial charge in [0.1, 0.15) is 0 Å². The SMILES string of the molecule is COCC(C)OC(C)C(C)(C)CC(C)(C)C(=O)NCC(C(C)C)C(C)C. The third-order valence-corrected chi connectivity index (χ3v) is 5.66. The Labute approximate surface area is 162 Å². The number of hydrogen-bond acceptors (Lipinski definition) is 3. The zero-order chi connectivity index (χ0) is 20.7. The maximum atomic E-state index is 12.9. The number of carbonyl (C=O) groups excluding carboxylic acids is 1. The molecule has 0 aliphatic rings. The molecule has 1 N–H and O–H groups in total. The lowest BCUT2D eigenvalue weighted by Gasteiger charge is -2.39. The molecule has 2 unspecified atom stereocenters. The van der Waals surface area contributed by atoms with Gasteiger partial charge in [0.05, 0.1) is 18.8 Å². The summed E-state index contributed by atoms with van der Waals surface area (Å²) in [6.45, 7) is 22.8. The first-order valence-corrected chi connectivity index (χ1v) is 10.2. The van der Waals surface area contributed by atoms with E-state index in [1.165, 1.54) is 0 Å². The zero-order valence-electron chi connectivity index (χ0n) is 19.2. The lowest BCUT2D eigenvalue weighted by molar-refractivity contribution is -0.134. The number of rotatable bonds is 12. The molecule has 1 amide bonds. The molecular formula is C22H45NO3. The van der Waals surface area contributed by atoms with Gasteiger partial charge in [-0.3, -0.25) is 4.79 Å². The molecule has 0 aromatic rings. The van der Waals surface area contributed by atoms with Crippen LogP contribution < -0.4 is 5.32 Å². The standard InChI is InChI=1S/C22H45NO3/c1-15(2)19(16(3)4)12-23-20(24)22(9,10)14-21(7,8)18(6)26-17(5)13-25-11/h15-19H,12-14H2,1-11H3,(H,23,24). The Morgan fingerprint density at radius 1 is 0.962 bits per heavy atom. The number of hydrogen-bond donors (Lipinski definition) is 1. The third kappa shape index (κ3) is 8.39. The van der Waals surface area contributed by atoms with Crippen molar-refractivity contribution >= 4 is 5.91 Å². The molecule has 0 aliphatic carbocycles. The van der Waals surface area contributed by atoms with E-state index in [1.54, 1.807) is 7.11 Å². The van der Waals surface area contributed by atoms with Gasteiger partial charge in [-0.15, -0.1) is 0 Å². The minimum absolute atomic E-state index is 0.0406. The van der Waals surface area contributed by atoms with Crippen LogP contribution in [0.4, 0.5) is 0 Å². The Kier molecular flexibility index (Phi) is 10.4. The van der Waals surface area contributed by atoms with Crippen LogP contribution in [0.3, 0.4) is 0 Å². The van der Waals surface area contributed by atoms with Gasteiger partial charge in [0, 0.05) is 19.1 Å². The van der Waals surface area contributed by atoms with Crippen LogP contribution in [0.5, 0.6) is 0 Å². The van der Waals surface area contributed by atoms with E-state index in [9.17, 15) is 4.79 Å². The number of ether oxygens (including phenoxy) is 2. The van der Waals surface area contributed by atoms with E-state index in [-0.39, 0.29) is 23.5 Å². The van der Waals surface area contributed by atoms with E-state index in [4.69, 9.17) is 9.47 Å². The molecule has 0 heterocycles. The summed E-state index contributed by atoms with van der Waals surface area (Å²) in [5.74, 6) is 1.75. The summed E-state index contributed by atoms with van der Waals surface area (Å²) >= 11 is 0. The van der Waals surface area contributed by atoms with Gasteiger partial charge in [0.2, 0.25) is 5.91 Å². The highest BCUT2D eigenvalue weighted by Crippen LogP contribution is 2.38. The van der Waals surface area contributed by atoms with Crippen molar-refractivity contribution in [1.29, 1.82) is 0 Å². The molecule has 0 saturated heterocycles. The van der Waals surface area contributed by atoms with Crippen molar-refractivity contribution in [2.75, 3.05) is 20.3 Å². The van der Waals surface area contributed by atoms with Gasteiger partial charge >= 0.3 is 0 Å². The van der Waals surface area contributed by atoms with Crippen molar-refractivity contribution in [3.63, 3.8) is 0 Å². The quantitative estimate of drug-likeness (QED) is 0.530. The maximum absolute atomic E-state index is 12.9. The molecule has 2 atom stereocenters. The first-order valence-electron chi connectivity index (χ1n) is 10.2. The lowest BCUT2D eigenvalue weighted by Crippen LogP contribution is -2.45. The minimum Gasteiger partial charge on any atom is -0.382 e. The summed E-state index contributed by atoms with van der Waals surface area (Å²) in [5.41, 5.74) is -0.553. The van der Waals surface area contributed by atoms with Gasteiger partial charge in [-0.25, -0.2) is 0 Å². The van der Waals surface area contributed by atoms with E-state index in [0.717, 1.165) is 13.0 Å². The molecule has 26 heavy (non-hydrogen) atoms. The van der Waals surface area contributed by atoms with Crippen molar-refractivity contribution in [3.8, 4) is 0 Å². The van der Waals surface area contributed by atoms with Gasteiger partial charge in [0.25, 0.3) is 0 Å². The molecule has 4 nitrogen and oxygen atoms in total. The molecule has 0 aromatic heterocycles. The summed E-state index contributed by atoms with van der Waals surface area (Å²) in [4.78, 5) is 12.9. The van der Waals surface area contributed by atoms with Crippen LogP contribution in [-0.4, -0.2) is 38.4 Å². The Hall–Kier alpha value is -0.610. The highest BCUT2D eigenvalue weighted by atomic mass is 16.5. The molecule has 0 aromatic carbocycles. The van der Waals surface area contributed by atoms with Crippen LogP contribution in [0.1, 0.15) is 75.7 Å². The van der Waals surface area contributed by atoms with Gasteiger partial charge < -0.3 is 14.8 Å². The highest BCUT2D eigenvalue weighted by Gasteiger charge is 2.38. The van der Waals surface area contributed by atoms with Gasteiger partial charge in [0.15, 0.2) is 0 Å². The molecule has 0 radical (unpaired) electrons. The van der Waals surface area contributed by atoms with Crippen molar-refractivity contribution in [2.24, 2.45) is 28.6 Å². The van der Waals surface area contributed by atoms with E-state index < -0.39 is 5.41 Å². The molecule has 156 valence electrons.